The van der Waals surface area contributed by atoms with E-state index in [-0.39, 0.29) is 24.3 Å². The van der Waals surface area contributed by atoms with Crippen LogP contribution in [0.4, 0.5) is 5.69 Å². The number of nitrogens with one attached hydrogen (secondary N) is 2. The van der Waals surface area contributed by atoms with Crippen LogP contribution in [0.1, 0.15) is 31.7 Å². The van der Waals surface area contributed by atoms with Gasteiger partial charge in [-0.1, -0.05) is 32.0 Å². The predicted molar refractivity (Wildman–Crippen MR) is 96.5 cm³/mol. The molecule has 2 N–H and O–H groups in total. The van der Waals surface area contributed by atoms with Gasteiger partial charge in [0.15, 0.2) is 0 Å². The van der Waals surface area contributed by atoms with E-state index in [2.05, 4.69) is 29.4 Å². The van der Waals surface area contributed by atoms with E-state index in [1.807, 2.05) is 24.3 Å². The quantitative estimate of drug-likeness (QED) is 0.850. The van der Waals surface area contributed by atoms with E-state index in [1.54, 1.807) is 0 Å². The average molecular weight is 345 g/mol. The van der Waals surface area contributed by atoms with Crippen LogP contribution < -0.4 is 10.6 Å². The van der Waals surface area contributed by atoms with Crippen LogP contribution in [0.2, 0.25) is 0 Å². The Morgan fingerprint density at radius 1 is 1.32 bits per heavy atom. The Kier molecular flexibility index (Phi) is 5.71. The van der Waals surface area contributed by atoms with Crippen LogP contribution in [-0.4, -0.2) is 55.6 Å². The van der Waals surface area contributed by atoms with Crippen LogP contribution in [0, 0.1) is 5.92 Å². The molecule has 0 unspecified atom stereocenters. The maximum atomic E-state index is 12.8. The highest BCUT2D eigenvalue weighted by molar-refractivity contribution is 6.01. The summed E-state index contributed by atoms with van der Waals surface area (Å²) >= 11 is 0. The van der Waals surface area contributed by atoms with E-state index in [1.165, 1.54) is 0 Å². The molecule has 1 saturated heterocycles. The summed E-state index contributed by atoms with van der Waals surface area (Å²) in [4.78, 5) is 27.1. The van der Waals surface area contributed by atoms with Gasteiger partial charge in [0.1, 0.15) is 0 Å². The number of fused-ring (bicyclic) bond motifs is 1. The zero-order chi connectivity index (χ0) is 17.8. The molecule has 0 radical (unpaired) electrons. The maximum Gasteiger partial charge on any atom is 0.228 e. The molecule has 0 spiro atoms. The van der Waals surface area contributed by atoms with Gasteiger partial charge in [0.2, 0.25) is 11.8 Å². The number of morpholine rings is 1. The average Bonchev–Trinajstić information content (AvgIpc) is 2.61. The van der Waals surface area contributed by atoms with Crippen LogP contribution in [0.15, 0.2) is 24.3 Å². The van der Waals surface area contributed by atoms with Gasteiger partial charge in [-0.2, -0.15) is 0 Å². The summed E-state index contributed by atoms with van der Waals surface area (Å²) in [5, 5.41) is 5.93. The third-order valence-electron chi connectivity index (χ3n) is 5.09. The Hall–Kier alpha value is -1.92. The van der Waals surface area contributed by atoms with Crippen LogP contribution in [0.5, 0.6) is 0 Å². The molecule has 136 valence electrons. The van der Waals surface area contributed by atoms with E-state index in [4.69, 9.17) is 4.74 Å². The minimum absolute atomic E-state index is 0.0683. The molecular weight excluding hydrogens is 318 g/mol. The standard InChI is InChI=1S/C19H27N3O3/c1-13(2)17(22-7-9-25-10-8-22)12-20-19(24)15-11-18(23)21-16-6-4-3-5-14(15)16/h3-6,13,15,17H,7-12H2,1-2H3,(H,20,24)(H,21,23)/t15-,17-/m1/s1. The number of ether oxygens (including phenoxy) is 1. The number of carbonyl (C=O) groups is 2. The second-order valence-electron chi connectivity index (χ2n) is 7.10. The molecule has 25 heavy (non-hydrogen) atoms. The Bertz CT molecular complexity index is 626. The third-order valence-corrected chi connectivity index (χ3v) is 5.09. The van der Waals surface area contributed by atoms with Crippen molar-refractivity contribution in [2.24, 2.45) is 5.92 Å². The smallest absolute Gasteiger partial charge is 0.228 e. The van der Waals surface area contributed by atoms with Gasteiger partial charge in [0.05, 0.1) is 19.1 Å². The first-order valence-electron chi connectivity index (χ1n) is 9.04. The summed E-state index contributed by atoms with van der Waals surface area (Å²) in [6.45, 7) is 8.23. The molecule has 1 aromatic rings. The van der Waals surface area contributed by atoms with Crippen molar-refractivity contribution in [3.63, 3.8) is 0 Å². The van der Waals surface area contributed by atoms with Crippen LogP contribution >= 0.6 is 0 Å². The van der Waals surface area contributed by atoms with Gasteiger partial charge < -0.3 is 15.4 Å². The Labute approximate surface area is 148 Å². The third kappa shape index (κ3) is 4.19. The normalized spacial score (nSPS) is 22.2. The van der Waals surface area contributed by atoms with Crippen LogP contribution in [0.3, 0.4) is 0 Å². The molecule has 1 fully saturated rings. The molecule has 3 rings (SSSR count). The predicted octanol–water partition coefficient (Wildman–Crippen LogP) is 1.59. The highest BCUT2D eigenvalue weighted by Crippen LogP contribution is 2.32. The van der Waals surface area contributed by atoms with Crippen molar-refractivity contribution in [1.29, 1.82) is 0 Å². The first kappa shape index (κ1) is 17.9. The first-order chi connectivity index (χ1) is 12.1. The highest BCUT2D eigenvalue weighted by atomic mass is 16.5. The molecule has 1 aromatic carbocycles. The lowest BCUT2D eigenvalue weighted by Gasteiger charge is -2.37. The number of amides is 2. The van der Waals surface area contributed by atoms with Crippen molar-refractivity contribution in [3.8, 4) is 0 Å². The van der Waals surface area contributed by atoms with Gasteiger partial charge in [-0.15, -0.1) is 0 Å². The number of benzene rings is 1. The van der Waals surface area contributed by atoms with Crippen LogP contribution in [-0.2, 0) is 14.3 Å². The second-order valence-corrected chi connectivity index (χ2v) is 7.10. The molecule has 2 aliphatic rings. The lowest BCUT2D eigenvalue weighted by molar-refractivity contribution is -0.126. The fourth-order valence-corrected chi connectivity index (χ4v) is 3.67. The summed E-state index contributed by atoms with van der Waals surface area (Å²) in [5.41, 5.74) is 1.64. The monoisotopic (exact) mass is 345 g/mol. The molecule has 0 bridgehead atoms. The van der Waals surface area contributed by atoms with Crippen molar-refractivity contribution in [2.45, 2.75) is 32.2 Å². The van der Waals surface area contributed by atoms with Gasteiger partial charge in [-0.3, -0.25) is 14.5 Å². The number of rotatable bonds is 5. The van der Waals surface area contributed by atoms with Gasteiger partial charge in [0.25, 0.3) is 0 Å². The zero-order valence-electron chi connectivity index (χ0n) is 15.0. The lowest BCUT2D eigenvalue weighted by atomic mass is 9.89. The topological polar surface area (TPSA) is 70.7 Å². The van der Waals surface area contributed by atoms with E-state index in [9.17, 15) is 9.59 Å². The Morgan fingerprint density at radius 2 is 2.04 bits per heavy atom. The van der Waals surface area contributed by atoms with E-state index in [0.717, 1.165) is 37.6 Å². The molecule has 2 atom stereocenters. The number of para-hydroxylation sites is 1. The van der Waals surface area contributed by atoms with Crippen molar-refractivity contribution in [2.75, 3.05) is 38.2 Å². The molecule has 2 heterocycles. The summed E-state index contributed by atoms with van der Waals surface area (Å²) < 4.78 is 5.43. The van der Waals surface area contributed by atoms with Gasteiger partial charge in [-0.25, -0.2) is 0 Å². The Morgan fingerprint density at radius 3 is 2.76 bits per heavy atom. The van der Waals surface area contributed by atoms with Crippen molar-refractivity contribution in [3.05, 3.63) is 29.8 Å². The maximum absolute atomic E-state index is 12.8. The Balaban J connectivity index is 1.66. The minimum atomic E-state index is -0.414. The van der Waals surface area contributed by atoms with Crippen molar-refractivity contribution < 1.29 is 14.3 Å². The fraction of sp³-hybridized carbons (Fsp3) is 0.579. The first-order valence-corrected chi connectivity index (χ1v) is 9.04. The summed E-state index contributed by atoms with van der Waals surface area (Å²) in [7, 11) is 0. The largest absolute Gasteiger partial charge is 0.379 e. The number of hydrogen-bond donors (Lipinski definition) is 2. The van der Waals surface area contributed by atoms with Gasteiger partial charge in [-0.05, 0) is 17.5 Å². The van der Waals surface area contributed by atoms with Crippen molar-refractivity contribution >= 4 is 17.5 Å². The molecule has 6 heteroatoms. The van der Waals surface area contributed by atoms with E-state index in [0.29, 0.717) is 12.5 Å². The van der Waals surface area contributed by atoms with E-state index >= 15 is 0 Å². The molecule has 0 saturated carbocycles. The molecule has 2 amide bonds. The zero-order valence-corrected chi connectivity index (χ0v) is 15.0. The van der Waals surface area contributed by atoms with Crippen molar-refractivity contribution in [1.82, 2.24) is 10.2 Å². The SMILES string of the molecule is CC(C)[C@@H](CNC(=O)[C@@H]1CC(=O)Nc2ccccc21)N1CCOCC1. The summed E-state index contributed by atoms with van der Waals surface area (Å²) in [6, 6.07) is 7.81. The second kappa shape index (κ2) is 7.97. The molecule has 6 nitrogen and oxygen atoms in total. The molecule has 0 aliphatic carbocycles. The fourth-order valence-electron chi connectivity index (χ4n) is 3.67. The molecule has 2 aliphatic heterocycles. The van der Waals surface area contributed by atoms with Crippen LogP contribution in [0.25, 0.3) is 0 Å². The highest BCUT2D eigenvalue weighted by Gasteiger charge is 2.31. The summed E-state index contributed by atoms with van der Waals surface area (Å²) in [5.74, 6) is -0.156. The molecule has 0 aromatic heterocycles. The lowest BCUT2D eigenvalue weighted by Crippen LogP contribution is -2.51. The molecular formula is C19H27N3O3. The van der Waals surface area contributed by atoms with E-state index < -0.39 is 5.92 Å². The summed E-state index contributed by atoms with van der Waals surface area (Å²) in [6.07, 6.45) is 0.201. The number of anilines is 1. The number of carbonyl (C=O) groups excluding carboxylic acids is 2. The number of nitrogens with zero attached hydrogens (tertiary/aromatic N) is 1. The van der Waals surface area contributed by atoms with Gasteiger partial charge in [0, 0.05) is 37.8 Å². The van der Waals surface area contributed by atoms with Gasteiger partial charge >= 0.3 is 0 Å². The minimum Gasteiger partial charge on any atom is -0.379 e. The number of hydrogen-bond acceptors (Lipinski definition) is 4.